The summed E-state index contributed by atoms with van der Waals surface area (Å²) in [6.45, 7) is 8.58. The standard InChI is InChI=1S/C92H134N4O8/c1-5-9-13-17-28-40-52-74-61-62-76(53-41-29-20-24-35-47-67-93-85(97)63-64-86(93)98)80(78(74)56-44-32-19-15-11-7-3)58-46-34-23-27-38-50-70-96-91(103)83-71-81-82(72-84(83)92(96)104)90(102)95(89(81)101)69-49-37-25-21-30-42-54-75-60-59-73(51-39-16-12-8-4)77(55-43-31-18-14-10-6-2)79(75)57-45-33-22-26-36-48-68-94-87(99)65-66-88(94)100/h1,63-66,71-80H,6-8,10-12,14-16,18-27,29-39,41-51,53-62,67-70H2,2-4H3. The van der Waals surface area contributed by atoms with Crippen LogP contribution in [0.3, 0.4) is 0 Å². The summed E-state index contributed by atoms with van der Waals surface area (Å²) >= 11 is 0. The zero-order valence-electron chi connectivity index (χ0n) is 65.1. The number of carbonyl (C=O) groups excluding carboxylic acids is 4. The SMILES string of the molecule is C#CC#CC#CC#CC1CCC(CCCCCCCCN2C(=O)C=CC2=O)C(CCCCCCCCn2c(=O)c3cc4c(=O)n(CCCCCCCCC5CCC(CCCCCC)C(CCCCCCCC)C5CCCCCCCCN5C(=O)C=CC5=O)c(=O)c4cc3c2=O)C1CCCCCCCC. The van der Waals surface area contributed by atoms with Crippen LogP contribution in [0.15, 0.2) is 55.6 Å². The van der Waals surface area contributed by atoms with Gasteiger partial charge in [0.15, 0.2) is 0 Å². The minimum Gasteiger partial charge on any atom is -0.275 e. The van der Waals surface area contributed by atoms with Gasteiger partial charge in [0.2, 0.25) is 0 Å². The molecule has 2 fully saturated rings. The highest BCUT2D eigenvalue weighted by Gasteiger charge is 2.39. The molecule has 2 aliphatic carbocycles. The van der Waals surface area contributed by atoms with Crippen molar-refractivity contribution < 1.29 is 19.2 Å². The number of fused-ring (bicyclic) bond motifs is 2. The maximum absolute atomic E-state index is 13.9. The number of imide groups is 2. The summed E-state index contributed by atoms with van der Waals surface area (Å²) in [5.74, 6) is 24.8. The summed E-state index contributed by atoms with van der Waals surface area (Å²) in [6, 6.07) is 3.04. The quantitative estimate of drug-likeness (QED) is 0.0308. The van der Waals surface area contributed by atoms with Gasteiger partial charge < -0.3 is 0 Å². The molecule has 4 amide bonds. The Hall–Kier alpha value is -6.50. The number of amides is 4. The Balaban J connectivity index is 0.855. The van der Waals surface area contributed by atoms with E-state index in [4.69, 9.17) is 6.42 Å². The molecule has 0 radical (unpaired) electrons. The molecule has 570 valence electrons. The van der Waals surface area contributed by atoms with Gasteiger partial charge in [0.1, 0.15) is 0 Å². The fourth-order valence-electron chi connectivity index (χ4n) is 18.7. The van der Waals surface area contributed by atoms with E-state index in [-0.39, 0.29) is 67.4 Å². The second-order valence-corrected chi connectivity index (χ2v) is 32.0. The summed E-state index contributed by atoms with van der Waals surface area (Å²) in [7, 11) is 0. The van der Waals surface area contributed by atoms with E-state index < -0.39 is 0 Å². The minimum absolute atomic E-state index is 0.174. The number of hydrogen-bond donors (Lipinski definition) is 0. The van der Waals surface area contributed by atoms with Crippen LogP contribution < -0.4 is 22.2 Å². The van der Waals surface area contributed by atoms with Crippen molar-refractivity contribution in [2.45, 2.75) is 361 Å². The highest BCUT2D eigenvalue weighted by molar-refractivity contribution is 6.13. The third-order valence-electron chi connectivity index (χ3n) is 24.6. The first-order valence-corrected chi connectivity index (χ1v) is 42.9. The van der Waals surface area contributed by atoms with Gasteiger partial charge in [0, 0.05) is 56.4 Å². The van der Waals surface area contributed by atoms with Crippen LogP contribution in [0.5, 0.6) is 0 Å². The molecule has 3 aromatic rings. The smallest absolute Gasteiger partial charge is 0.261 e. The van der Waals surface area contributed by atoms with E-state index in [1.807, 2.05) is 0 Å². The van der Waals surface area contributed by atoms with Crippen molar-refractivity contribution in [1.29, 1.82) is 0 Å². The number of nitrogens with zero attached hydrogens (tertiary/aromatic N) is 4. The number of benzene rings is 1. The van der Waals surface area contributed by atoms with E-state index in [0.717, 1.165) is 133 Å². The fourth-order valence-corrected chi connectivity index (χ4v) is 18.7. The van der Waals surface area contributed by atoms with Gasteiger partial charge in [0.25, 0.3) is 45.9 Å². The third-order valence-corrected chi connectivity index (χ3v) is 24.6. The van der Waals surface area contributed by atoms with E-state index in [9.17, 15) is 38.4 Å². The maximum Gasteiger partial charge on any atom is 0.261 e. The molecule has 1 aromatic carbocycles. The fraction of sp³-hybridized carbons (Fsp3) is 0.717. The highest BCUT2D eigenvalue weighted by Crippen LogP contribution is 2.49. The summed E-state index contributed by atoms with van der Waals surface area (Å²) in [6.07, 6.45) is 71.9. The average Bonchev–Trinajstić information content (AvgIpc) is 1.59. The average molecular weight is 1420 g/mol. The van der Waals surface area contributed by atoms with E-state index >= 15 is 0 Å². The molecule has 8 atom stereocenters. The molecule has 4 heterocycles. The van der Waals surface area contributed by atoms with E-state index in [0.29, 0.717) is 56.3 Å². The molecule has 2 aliphatic heterocycles. The Morgan fingerprint density at radius 1 is 0.298 bits per heavy atom. The molecule has 12 nitrogen and oxygen atoms in total. The van der Waals surface area contributed by atoms with E-state index in [1.165, 1.54) is 267 Å². The van der Waals surface area contributed by atoms with Gasteiger partial charge in [-0.05, 0) is 166 Å². The number of aromatic nitrogens is 2. The van der Waals surface area contributed by atoms with Crippen molar-refractivity contribution in [3.05, 3.63) is 77.9 Å². The van der Waals surface area contributed by atoms with Crippen LogP contribution in [-0.2, 0) is 32.3 Å². The largest absolute Gasteiger partial charge is 0.275 e. The van der Waals surface area contributed by atoms with Gasteiger partial charge in [-0.3, -0.25) is 57.3 Å². The van der Waals surface area contributed by atoms with Gasteiger partial charge in [0.05, 0.1) is 21.5 Å². The van der Waals surface area contributed by atoms with Crippen molar-refractivity contribution in [3.63, 3.8) is 0 Å². The van der Waals surface area contributed by atoms with Crippen molar-refractivity contribution in [2.24, 2.45) is 47.3 Å². The molecule has 0 bridgehead atoms. The first-order valence-electron chi connectivity index (χ1n) is 42.9. The zero-order chi connectivity index (χ0) is 73.9. The van der Waals surface area contributed by atoms with Crippen molar-refractivity contribution in [3.8, 4) is 47.9 Å². The number of rotatable bonds is 55. The van der Waals surface area contributed by atoms with Crippen LogP contribution in [0.1, 0.15) is 348 Å². The molecule has 7 rings (SSSR count). The maximum atomic E-state index is 13.9. The summed E-state index contributed by atoms with van der Waals surface area (Å²) < 4.78 is 2.65. The molecule has 2 saturated carbocycles. The van der Waals surface area contributed by atoms with Crippen LogP contribution >= 0.6 is 0 Å². The molecule has 0 spiro atoms. The Morgan fingerprint density at radius 3 is 0.904 bits per heavy atom. The topological polar surface area (TPSA) is 153 Å². The molecule has 0 N–H and O–H groups in total. The first kappa shape index (κ1) is 84.8. The lowest BCUT2D eigenvalue weighted by Crippen LogP contribution is -2.35. The lowest BCUT2D eigenvalue weighted by molar-refractivity contribution is -0.138. The van der Waals surface area contributed by atoms with Crippen molar-refractivity contribution in [1.82, 2.24) is 18.9 Å². The van der Waals surface area contributed by atoms with Gasteiger partial charge in [-0.25, -0.2) is 0 Å². The molecule has 0 saturated heterocycles. The molecular formula is C92H134N4O8. The lowest BCUT2D eigenvalue weighted by Gasteiger charge is -2.44. The van der Waals surface area contributed by atoms with Crippen molar-refractivity contribution >= 4 is 45.2 Å². The van der Waals surface area contributed by atoms with Crippen LogP contribution in [-0.4, -0.2) is 55.7 Å². The number of hydrogen-bond acceptors (Lipinski definition) is 8. The Labute approximate surface area is 627 Å². The van der Waals surface area contributed by atoms with Gasteiger partial charge in [-0.15, -0.1) is 6.42 Å². The Kier molecular flexibility index (Phi) is 40.2. The van der Waals surface area contributed by atoms with E-state index in [1.54, 1.807) is 0 Å². The van der Waals surface area contributed by atoms with Crippen LogP contribution in [0.2, 0.25) is 0 Å². The van der Waals surface area contributed by atoms with Crippen LogP contribution in [0, 0.1) is 95.2 Å². The summed E-state index contributed by atoms with van der Waals surface area (Å²) in [4.78, 5) is 106. The van der Waals surface area contributed by atoms with Gasteiger partial charge >= 0.3 is 0 Å². The van der Waals surface area contributed by atoms with E-state index in [2.05, 4.69) is 62.2 Å². The van der Waals surface area contributed by atoms with Gasteiger partial charge in [-0.2, -0.15) is 0 Å². The molecule has 2 aromatic heterocycles. The van der Waals surface area contributed by atoms with Crippen LogP contribution in [0.4, 0.5) is 0 Å². The summed E-state index contributed by atoms with van der Waals surface area (Å²) in [5, 5.41) is 0.930. The molecule has 8 unspecified atom stereocenters. The van der Waals surface area contributed by atoms with Crippen molar-refractivity contribution in [2.75, 3.05) is 13.1 Å². The minimum atomic E-state index is -0.375. The highest BCUT2D eigenvalue weighted by atomic mass is 16.2. The van der Waals surface area contributed by atoms with Gasteiger partial charge in [-0.1, -0.05) is 277 Å². The second-order valence-electron chi connectivity index (χ2n) is 32.0. The molecular weight excluding hydrogens is 1290 g/mol. The third kappa shape index (κ3) is 27.7. The number of unbranched alkanes of at least 4 members (excludes halogenated alkanes) is 33. The van der Waals surface area contributed by atoms with Crippen LogP contribution in [0.25, 0.3) is 21.5 Å². The molecule has 12 heteroatoms. The molecule has 4 aliphatic rings. The monoisotopic (exact) mass is 1420 g/mol. The molecule has 104 heavy (non-hydrogen) atoms. The number of carbonyl (C=O) groups is 4. The Bertz CT molecular complexity index is 3510. The predicted molar refractivity (Wildman–Crippen MR) is 429 cm³/mol. The second kappa shape index (κ2) is 49.4. The lowest BCUT2D eigenvalue weighted by atomic mass is 9.61. The normalized spacial score (nSPS) is 20.2. The summed E-state index contributed by atoms with van der Waals surface area (Å²) in [5.41, 5.74) is -1.48. The first-order chi connectivity index (χ1) is 50.9. The predicted octanol–water partition coefficient (Wildman–Crippen LogP) is 20.3. The Morgan fingerprint density at radius 2 is 0.558 bits per heavy atom. The zero-order valence-corrected chi connectivity index (χ0v) is 65.1. The number of terminal acetylenes is 1.